The number of carbonyl (C=O) groups is 2. The number of nitrogens with zero attached hydrogens (tertiary/aromatic N) is 1. The van der Waals surface area contributed by atoms with Crippen molar-refractivity contribution in [2.75, 3.05) is 31.0 Å². The summed E-state index contributed by atoms with van der Waals surface area (Å²) < 4.78 is 36.8. The molecule has 2 N–H and O–H groups in total. The molecule has 0 bridgehead atoms. The quantitative estimate of drug-likeness (QED) is 0.552. The van der Waals surface area contributed by atoms with Gasteiger partial charge in [-0.3, -0.25) is 9.59 Å². The fraction of sp³-hybridized carbons (Fsp3) is 0.130. The summed E-state index contributed by atoms with van der Waals surface area (Å²) in [5.41, 5.74) is 0.974. The van der Waals surface area contributed by atoms with Crippen molar-refractivity contribution in [1.82, 2.24) is 4.31 Å². The number of sulfonamides is 1. The second kappa shape index (κ2) is 9.31. The Morgan fingerprint density at radius 3 is 2.39 bits per heavy atom. The zero-order valence-corrected chi connectivity index (χ0v) is 18.5. The smallest absolute Gasteiger partial charge is 0.257 e. The van der Waals surface area contributed by atoms with Gasteiger partial charge < -0.3 is 20.1 Å². The minimum atomic E-state index is -3.83. The lowest BCUT2D eigenvalue weighted by Crippen LogP contribution is -2.35. The predicted molar refractivity (Wildman–Crippen MR) is 122 cm³/mol. The highest BCUT2D eigenvalue weighted by Gasteiger charge is 2.23. The molecule has 3 aromatic rings. The molecule has 0 saturated heterocycles. The maximum Gasteiger partial charge on any atom is 0.257 e. The Labute approximate surface area is 191 Å². The summed E-state index contributed by atoms with van der Waals surface area (Å²) in [6.45, 7) is -0.300. The molecule has 0 radical (unpaired) electrons. The van der Waals surface area contributed by atoms with Crippen molar-refractivity contribution >= 4 is 33.2 Å². The van der Waals surface area contributed by atoms with E-state index in [1.54, 1.807) is 60.7 Å². The number of para-hydroxylation sites is 1. The maximum atomic E-state index is 12.8. The molecule has 0 saturated carbocycles. The highest BCUT2D eigenvalue weighted by atomic mass is 32.2. The number of likely N-dealkylation sites (N-methyl/N-ethyl adjacent to an activating group) is 1. The molecule has 170 valence electrons. The van der Waals surface area contributed by atoms with Gasteiger partial charge in [-0.05, 0) is 36.4 Å². The molecule has 0 spiro atoms. The Bertz CT molecular complexity index is 1290. The number of benzene rings is 3. The van der Waals surface area contributed by atoms with Crippen LogP contribution >= 0.6 is 0 Å². The van der Waals surface area contributed by atoms with E-state index in [0.717, 1.165) is 4.31 Å². The van der Waals surface area contributed by atoms with Crippen LogP contribution in [0.5, 0.6) is 11.5 Å². The molecule has 33 heavy (non-hydrogen) atoms. The van der Waals surface area contributed by atoms with Crippen molar-refractivity contribution in [2.24, 2.45) is 0 Å². The second-order valence-electron chi connectivity index (χ2n) is 7.19. The van der Waals surface area contributed by atoms with Crippen molar-refractivity contribution in [3.8, 4) is 11.5 Å². The number of ether oxygens (including phenoxy) is 2. The first-order valence-corrected chi connectivity index (χ1v) is 11.4. The predicted octanol–water partition coefficient (Wildman–Crippen LogP) is 2.93. The molecular weight excluding hydrogens is 446 g/mol. The van der Waals surface area contributed by atoms with Gasteiger partial charge in [0.2, 0.25) is 22.7 Å². The lowest BCUT2D eigenvalue weighted by atomic mass is 10.1. The molecule has 0 atom stereocenters. The first-order valence-electron chi connectivity index (χ1n) is 9.96. The molecule has 0 fully saturated rings. The largest absolute Gasteiger partial charge is 0.454 e. The molecular formula is C23H21N3O6S. The van der Waals surface area contributed by atoms with E-state index in [-0.39, 0.29) is 22.9 Å². The van der Waals surface area contributed by atoms with Crippen LogP contribution in [0.4, 0.5) is 11.4 Å². The molecule has 0 aliphatic carbocycles. The van der Waals surface area contributed by atoms with Gasteiger partial charge in [-0.15, -0.1) is 0 Å². The number of anilines is 2. The zero-order valence-electron chi connectivity index (χ0n) is 17.6. The second-order valence-corrected chi connectivity index (χ2v) is 9.23. The van der Waals surface area contributed by atoms with Crippen LogP contribution in [0.25, 0.3) is 0 Å². The fourth-order valence-corrected chi connectivity index (χ4v) is 4.36. The van der Waals surface area contributed by atoms with Crippen molar-refractivity contribution in [3.05, 3.63) is 78.4 Å². The van der Waals surface area contributed by atoms with Gasteiger partial charge in [-0.25, -0.2) is 8.42 Å². The van der Waals surface area contributed by atoms with Crippen LogP contribution in [0.1, 0.15) is 10.4 Å². The van der Waals surface area contributed by atoms with Crippen molar-refractivity contribution < 1.29 is 27.5 Å². The van der Waals surface area contributed by atoms with Crippen LogP contribution in [-0.2, 0) is 14.8 Å². The van der Waals surface area contributed by atoms with E-state index in [4.69, 9.17) is 9.47 Å². The van der Waals surface area contributed by atoms with Gasteiger partial charge in [-0.1, -0.05) is 30.3 Å². The Morgan fingerprint density at radius 2 is 1.61 bits per heavy atom. The third kappa shape index (κ3) is 4.97. The third-order valence-electron chi connectivity index (χ3n) is 4.89. The lowest BCUT2D eigenvalue weighted by Gasteiger charge is -2.17. The third-order valence-corrected chi connectivity index (χ3v) is 6.71. The first kappa shape index (κ1) is 22.3. The van der Waals surface area contributed by atoms with Crippen LogP contribution in [0, 0.1) is 0 Å². The molecule has 9 nitrogen and oxygen atoms in total. The SMILES string of the molecule is CN(CC(=O)Nc1ccccc1C(=O)Nc1ccc2c(c1)OCO2)S(=O)(=O)c1ccccc1. The van der Waals surface area contributed by atoms with Crippen LogP contribution in [0.2, 0.25) is 0 Å². The first-order chi connectivity index (χ1) is 15.8. The van der Waals surface area contributed by atoms with Gasteiger partial charge in [0.1, 0.15) is 0 Å². The molecule has 1 aliphatic rings. The number of carbonyl (C=O) groups excluding carboxylic acids is 2. The zero-order chi connectivity index (χ0) is 23.4. The van der Waals surface area contributed by atoms with E-state index in [9.17, 15) is 18.0 Å². The van der Waals surface area contributed by atoms with E-state index < -0.39 is 28.4 Å². The Morgan fingerprint density at radius 1 is 0.909 bits per heavy atom. The molecule has 1 aliphatic heterocycles. The highest BCUT2D eigenvalue weighted by molar-refractivity contribution is 7.89. The summed E-state index contributed by atoms with van der Waals surface area (Å²) in [5, 5.41) is 5.38. The summed E-state index contributed by atoms with van der Waals surface area (Å²) >= 11 is 0. The summed E-state index contributed by atoms with van der Waals surface area (Å²) in [6, 6.07) is 19.3. The number of hydrogen-bond acceptors (Lipinski definition) is 6. The Hall–Kier alpha value is -3.89. The van der Waals surface area contributed by atoms with E-state index in [1.807, 2.05) is 0 Å². The molecule has 1 heterocycles. The Kier molecular flexibility index (Phi) is 6.29. The van der Waals surface area contributed by atoms with Crippen LogP contribution < -0.4 is 20.1 Å². The van der Waals surface area contributed by atoms with Gasteiger partial charge in [0.05, 0.1) is 22.7 Å². The summed E-state index contributed by atoms with van der Waals surface area (Å²) in [7, 11) is -2.51. The van der Waals surface area contributed by atoms with Crippen molar-refractivity contribution in [1.29, 1.82) is 0 Å². The standard InChI is InChI=1S/C23H21N3O6S/c1-26(33(29,30)17-7-3-2-4-8-17)14-22(27)25-19-10-6-5-9-18(19)23(28)24-16-11-12-20-21(13-16)32-15-31-20/h2-13H,14-15H2,1H3,(H,24,28)(H,25,27). The molecule has 2 amide bonds. The molecule has 0 aromatic heterocycles. The lowest BCUT2D eigenvalue weighted by molar-refractivity contribution is -0.116. The minimum Gasteiger partial charge on any atom is -0.454 e. The summed E-state index contributed by atoms with van der Waals surface area (Å²) in [4.78, 5) is 25.5. The van der Waals surface area contributed by atoms with Gasteiger partial charge in [-0.2, -0.15) is 4.31 Å². The van der Waals surface area contributed by atoms with Gasteiger partial charge in [0.25, 0.3) is 5.91 Å². The maximum absolute atomic E-state index is 12.8. The van der Waals surface area contributed by atoms with Gasteiger partial charge >= 0.3 is 0 Å². The molecule has 3 aromatic carbocycles. The number of nitrogens with one attached hydrogen (secondary N) is 2. The number of fused-ring (bicyclic) bond motifs is 1. The highest BCUT2D eigenvalue weighted by Crippen LogP contribution is 2.34. The van der Waals surface area contributed by atoms with E-state index in [1.165, 1.54) is 19.2 Å². The number of amides is 2. The average molecular weight is 468 g/mol. The van der Waals surface area contributed by atoms with Gasteiger partial charge in [0, 0.05) is 18.8 Å². The fourth-order valence-electron chi connectivity index (χ4n) is 3.21. The molecule has 4 rings (SSSR count). The molecule has 10 heteroatoms. The summed E-state index contributed by atoms with van der Waals surface area (Å²) in [6.07, 6.45) is 0. The van der Waals surface area contributed by atoms with E-state index in [2.05, 4.69) is 10.6 Å². The normalized spacial score (nSPS) is 12.4. The molecule has 0 unspecified atom stereocenters. The van der Waals surface area contributed by atoms with Crippen molar-refractivity contribution in [3.63, 3.8) is 0 Å². The van der Waals surface area contributed by atoms with Crippen LogP contribution in [-0.4, -0.2) is 44.9 Å². The average Bonchev–Trinajstić information content (AvgIpc) is 3.28. The van der Waals surface area contributed by atoms with E-state index >= 15 is 0 Å². The van der Waals surface area contributed by atoms with Crippen LogP contribution in [0.15, 0.2) is 77.7 Å². The topological polar surface area (TPSA) is 114 Å². The Balaban J connectivity index is 1.45. The number of rotatable bonds is 7. The summed E-state index contributed by atoms with van der Waals surface area (Å²) in [5.74, 6) is 0.0858. The van der Waals surface area contributed by atoms with Crippen LogP contribution in [0.3, 0.4) is 0 Å². The van der Waals surface area contributed by atoms with E-state index in [0.29, 0.717) is 17.2 Å². The van der Waals surface area contributed by atoms with Gasteiger partial charge in [0.15, 0.2) is 11.5 Å². The monoisotopic (exact) mass is 467 g/mol. The van der Waals surface area contributed by atoms with Crippen molar-refractivity contribution in [2.45, 2.75) is 4.90 Å². The number of hydrogen-bond donors (Lipinski definition) is 2. The minimum absolute atomic E-state index is 0.0869.